The molecule has 3 atom stereocenters. The normalized spacial score (nSPS) is 23.3. The van der Waals surface area contributed by atoms with Gasteiger partial charge in [0, 0.05) is 37.7 Å². The third-order valence-corrected chi connectivity index (χ3v) is 5.97. The number of carbonyl (C=O) groups is 1. The van der Waals surface area contributed by atoms with Crippen LogP contribution in [0.3, 0.4) is 0 Å². The van der Waals surface area contributed by atoms with Gasteiger partial charge in [0.15, 0.2) is 11.5 Å². The third-order valence-electron chi connectivity index (χ3n) is 5.97. The first-order valence-corrected chi connectivity index (χ1v) is 10.3. The molecule has 5 rings (SSSR count). The number of hydrogen-bond acceptors (Lipinski definition) is 5. The topological polar surface area (TPSA) is 71.3 Å². The summed E-state index contributed by atoms with van der Waals surface area (Å²) in [5.41, 5.74) is 1.23. The molecule has 3 aromatic rings. The highest BCUT2D eigenvalue weighted by molar-refractivity contribution is 5.77. The lowest BCUT2D eigenvalue weighted by Gasteiger charge is -2.20. The van der Waals surface area contributed by atoms with Crippen molar-refractivity contribution < 1.29 is 22.4 Å². The van der Waals surface area contributed by atoms with Gasteiger partial charge in [0.2, 0.25) is 5.91 Å². The van der Waals surface area contributed by atoms with Crippen LogP contribution in [0.15, 0.2) is 47.1 Å². The Kier molecular flexibility index (Phi) is 4.83. The number of alkyl halides is 3. The lowest BCUT2D eigenvalue weighted by Crippen LogP contribution is -2.37. The Labute approximate surface area is 176 Å². The van der Waals surface area contributed by atoms with Crippen LogP contribution in [0.2, 0.25) is 0 Å². The van der Waals surface area contributed by atoms with E-state index in [1.54, 1.807) is 0 Å². The van der Waals surface area contributed by atoms with Gasteiger partial charge in [-0.3, -0.25) is 9.78 Å². The highest BCUT2D eigenvalue weighted by Gasteiger charge is 2.43. The predicted molar refractivity (Wildman–Crippen MR) is 107 cm³/mol. The summed E-state index contributed by atoms with van der Waals surface area (Å²) in [6.07, 6.45) is -0.235. The average molecular weight is 430 g/mol. The van der Waals surface area contributed by atoms with Crippen molar-refractivity contribution in [3.63, 3.8) is 0 Å². The summed E-state index contributed by atoms with van der Waals surface area (Å²) >= 11 is 0. The SMILES string of the molecule is O=C(C[C@H]1C[C@H]1c1nc2ccccc2o1)N[C@@H]1CCN(c2cncc(C(F)(F)F)c2)C1. The number of carbonyl (C=O) groups excluding carboxylic acids is 1. The summed E-state index contributed by atoms with van der Waals surface area (Å²) in [5, 5.41) is 3.02. The van der Waals surface area contributed by atoms with Gasteiger partial charge in [0.1, 0.15) is 5.52 Å². The van der Waals surface area contributed by atoms with E-state index < -0.39 is 11.7 Å². The van der Waals surface area contributed by atoms with Gasteiger partial charge in [-0.2, -0.15) is 13.2 Å². The Morgan fingerprint density at radius 1 is 1.26 bits per heavy atom. The molecule has 2 fully saturated rings. The van der Waals surface area contributed by atoms with Crippen LogP contribution in [0.4, 0.5) is 18.9 Å². The van der Waals surface area contributed by atoms with Gasteiger partial charge in [-0.15, -0.1) is 0 Å². The van der Waals surface area contributed by atoms with Crippen molar-refractivity contribution >= 4 is 22.7 Å². The molecule has 1 aliphatic carbocycles. The fourth-order valence-corrected chi connectivity index (χ4v) is 4.22. The van der Waals surface area contributed by atoms with Crippen LogP contribution in [0.1, 0.15) is 36.6 Å². The number of fused-ring (bicyclic) bond motifs is 1. The molecule has 1 aliphatic heterocycles. The van der Waals surface area contributed by atoms with E-state index in [0.29, 0.717) is 37.5 Å². The molecule has 1 saturated carbocycles. The summed E-state index contributed by atoms with van der Waals surface area (Å²) in [7, 11) is 0. The number of oxazole rings is 1. The molecule has 0 unspecified atom stereocenters. The van der Waals surface area contributed by atoms with Crippen LogP contribution in [-0.4, -0.2) is 35.0 Å². The minimum Gasteiger partial charge on any atom is -0.440 e. The number of rotatable bonds is 5. The Balaban J connectivity index is 1.14. The fourth-order valence-electron chi connectivity index (χ4n) is 4.22. The molecule has 1 aromatic carbocycles. The lowest BCUT2D eigenvalue weighted by atomic mass is 10.2. The van der Waals surface area contributed by atoms with Gasteiger partial charge in [-0.1, -0.05) is 12.1 Å². The maximum atomic E-state index is 12.9. The van der Waals surface area contributed by atoms with Crippen LogP contribution in [-0.2, 0) is 11.0 Å². The Bertz CT molecular complexity index is 1080. The maximum Gasteiger partial charge on any atom is 0.417 e. The van der Waals surface area contributed by atoms with Crippen molar-refractivity contribution in [2.45, 2.75) is 37.4 Å². The molecular weight excluding hydrogens is 409 g/mol. The van der Waals surface area contributed by atoms with Gasteiger partial charge >= 0.3 is 6.18 Å². The van der Waals surface area contributed by atoms with E-state index in [1.165, 1.54) is 6.20 Å². The molecule has 2 aromatic heterocycles. The molecule has 1 N–H and O–H groups in total. The quantitative estimate of drug-likeness (QED) is 0.659. The van der Waals surface area contributed by atoms with E-state index in [4.69, 9.17) is 4.42 Å². The number of amides is 1. The number of halogens is 3. The highest BCUT2D eigenvalue weighted by Crippen LogP contribution is 2.49. The number of nitrogens with one attached hydrogen (secondary N) is 1. The summed E-state index contributed by atoms with van der Waals surface area (Å²) in [6.45, 7) is 1.04. The summed E-state index contributed by atoms with van der Waals surface area (Å²) < 4.78 is 44.6. The molecule has 1 saturated heterocycles. The molecule has 3 heterocycles. The van der Waals surface area contributed by atoms with Crippen molar-refractivity contribution in [3.8, 4) is 0 Å². The molecule has 0 spiro atoms. The molecular formula is C22H21F3N4O2. The van der Waals surface area contributed by atoms with Gasteiger partial charge in [0.05, 0.1) is 17.4 Å². The van der Waals surface area contributed by atoms with E-state index in [0.717, 1.165) is 29.8 Å². The minimum absolute atomic E-state index is 0.0439. The van der Waals surface area contributed by atoms with Gasteiger partial charge in [-0.25, -0.2) is 4.98 Å². The Morgan fingerprint density at radius 2 is 2.10 bits per heavy atom. The fraction of sp³-hybridized carbons (Fsp3) is 0.409. The smallest absolute Gasteiger partial charge is 0.417 e. The lowest BCUT2D eigenvalue weighted by molar-refractivity contribution is -0.137. The van der Waals surface area contributed by atoms with Crippen molar-refractivity contribution in [1.82, 2.24) is 15.3 Å². The van der Waals surface area contributed by atoms with E-state index in [-0.39, 0.29) is 23.8 Å². The van der Waals surface area contributed by atoms with Gasteiger partial charge in [-0.05, 0) is 37.0 Å². The zero-order valence-electron chi connectivity index (χ0n) is 16.6. The number of para-hydroxylation sites is 2. The first-order valence-electron chi connectivity index (χ1n) is 10.3. The van der Waals surface area contributed by atoms with Gasteiger partial charge < -0.3 is 14.6 Å². The van der Waals surface area contributed by atoms with Crippen LogP contribution >= 0.6 is 0 Å². The summed E-state index contributed by atoms with van der Waals surface area (Å²) in [6, 6.07) is 8.60. The monoisotopic (exact) mass is 430 g/mol. The van der Waals surface area contributed by atoms with E-state index in [9.17, 15) is 18.0 Å². The van der Waals surface area contributed by atoms with Crippen molar-refractivity contribution in [1.29, 1.82) is 0 Å². The Morgan fingerprint density at radius 3 is 2.90 bits per heavy atom. The zero-order chi connectivity index (χ0) is 21.6. The summed E-state index contributed by atoms with van der Waals surface area (Å²) in [5.74, 6) is 1.01. The highest BCUT2D eigenvalue weighted by atomic mass is 19.4. The van der Waals surface area contributed by atoms with Gasteiger partial charge in [0.25, 0.3) is 0 Å². The number of nitrogens with zero attached hydrogens (tertiary/aromatic N) is 3. The molecule has 6 nitrogen and oxygen atoms in total. The Hall–Kier alpha value is -3.10. The van der Waals surface area contributed by atoms with E-state index in [2.05, 4.69) is 15.3 Å². The second-order valence-corrected chi connectivity index (χ2v) is 8.25. The van der Waals surface area contributed by atoms with Crippen LogP contribution in [0, 0.1) is 5.92 Å². The number of aromatic nitrogens is 2. The van der Waals surface area contributed by atoms with Crippen molar-refractivity contribution in [2.75, 3.05) is 18.0 Å². The second-order valence-electron chi connectivity index (χ2n) is 8.25. The number of pyridine rings is 1. The molecule has 31 heavy (non-hydrogen) atoms. The molecule has 9 heteroatoms. The number of hydrogen-bond donors (Lipinski definition) is 1. The maximum absolute atomic E-state index is 12.9. The average Bonchev–Trinajstić information content (AvgIpc) is 3.14. The molecule has 162 valence electrons. The van der Waals surface area contributed by atoms with Crippen molar-refractivity contribution in [3.05, 3.63) is 54.2 Å². The summed E-state index contributed by atoms with van der Waals surface area (Å²) in [4.78, 5) is 22.5. The van der Waals surface area contributed by atoms with E-state index >= 15 is 0 Å². The third kappa shape index (κ3) is 4.22. The molecule has 0 bridgehead atoms. The molecule has 1 amide bonds. The first-order chi connectivity index (χ1) is 14.9. The largest absolute Gasteiger partial charge is 0.440 e. The number of benzene rings is 1. The van der Waals surface area contributed by atoms with Crippen LogP contribution in [0.25, 0.3) is 11.1 Å². The van der Waals surface area contributed by atoms with Crippen LogP contribution < -0.4 is 10.2 Å². The number of anilines is 1. The predicted octanol–water partition coefficient (Wildman–Crippen LogP) is 4.13. The van der Waals surface area contributed by atoms with E-state index in [1.807, 2.05) is 29.2 Å². The minimum atomic E-state index is -4.42. The first kappa shape index (κ1) is 19.8. The van der Waals surface area contributed by atoms with Crippen LogP contribution in [0.5, 0.6) is 0 Å². The van der Waals surface area contributed by atoms with Crippen molar-refractivity contribution in [2.24, 2.45) is 5.92 Å². The second kappa shape index (κ2) is 7.55. The standard InChI is InChI=1S/C22H21F3N4O2/c23-22(24,25)14-9-16(11-26-10-14)29-6-5-15(12-29)27-20(30)8-13-7-17(13)21-28-18-3-1-2-4-19(18)31-21/h1-4,9-11,13,15,17H,5-8,12H2,(H,27,30)/t13-,15-,17-/m1/s1. The zero-order valence-corrected chi connectivity index (χ0v) is 16.6. The molecule has 0 radical (unpaired) electrons. The molecule has 2 aliphatic rings.